The van der Waals surface area contributed by atoms with Crippen molar-refractivity contribution in [2.24, 2.45) is 0 Å². The van der Waals surface area contributed by atoms with Crippen LogP contribution in [0, 0.1) is 12.7 Å². The molecule has 0 saturated heterocycles. The number of nitrogens with zero attached hydrogens (tertiary/aromatic N) is 2. The smallest absolute Gasteiger partial charge is 0.403 e. The number of alkyl halides is 3. The SMILES string of the molecule is Cc1nc(Cl)cc(-c2ccc(OC(F)(F)F)c(F)c2)n1. The van der Waals surface area contributed by atoms with Crippen molar-refractivity contribution >= 4 is 11.6 Å². The van der Waals surface area contributed by atoms with Gasteiger partial charge in [0.2, 0.25) is 0 Å². The molecule has 0 aliphatic heterocycles. The molecule has 0 atom stereocenters. The highest BCUT2D eigenvalue weighted by atomic mass is 35.5. The molecule has 106 valence electrons. The summed E-state index contributed by atoms with van der Waals surface area (Å²) < 4.78 is 53.2. The maximum absolute atomic E-state index is 13.6. The normalized spacial score (nSPS) is 11.5. The lowest BCUT2D eigenvalue weighted by atomic mass is 10.1. The van der Waals surface area contributed by atoms with Crippen molar-refractivity contribution in [3.8, 4) is 17.0 Å². The molecule has 0 amide bonds. The molecule has 3 nitrogen and oxygen atoms in total. The Kier molecular flexibility index (Phi) is 3.80. The van der Waals surface area contributed by atoms with E-state index in [9.17, 15) is 17.6 Å². The zero-order chi connectivity index (χ0) is 14.9. The molecule has 0 spiro atoms. The molecule has 0 unspecified atom stereocenters. The van der Waals surface area contributed by atoms with Crippen molar-refractivity contribution in [3.63, 3.8) is 0 Å². The van der Waals surface area contributed by atoms with Crippen LogP contribution < -0.4 is 4.74 Å². The molecule has 0 radical (unpaired) electrons. The van der Waals surface area contributed by atoms with Crippen molar-refractivity contribution in [3.05, 3.63) is 41.1 Å². The molecule has 2 aromatic rings. The Bertz CT molecular complexity index is 626. The van der Waals surface area contributed by atoms with Crippen LogP contribution in [0.1, 0.15) is 5.82 Å². The van der Waals surface area contributed by atoms with Crippen molar-refractivity contribution in [1.82, 2.24) is 9.97 Å². The van der Waals surface area contributed by atoms with Crippen LogP contribution in [0.4, 0.5) is 17.6 Å². The Morgan fingerprint density at radius 2 is 1.85 bits per heavy atom. The molecule has 1 heterocycles. The Morgan fingerprint density at radius 3 is 2.40 bits per heavy atom. The van der Waals surface area contributed by atoms with Gasteiger partial charge < -0.3 is 4.74 Å². The summed E-state index contributed by atoms with van der Waals surface area (Å²) in [5.41, 5.74) is 0.574. The number of rotatable bonds is 2. The second kappa shape index (κ2) is 5.24. The summed E-state index contributed by atoms with van der Waals surface area (Å²) in [7, 11) is 0. The van der Waals surface area contributed by atoms with E-state index in [4.69, 9.17) is 11.6 Å². The first kappa shape index (κ1) is 14.5. The van der Waals surface area contributed by atoms with E-state index in [-0.39, 0.29) is 10.7 Å². The van der Waals surface area contributed by atoms with Crippen LogP contribution in [-0.4, -0.2) is 16.3 Å². The molecule has 0 aliphatic rings. The molecule has 0 fully saturated rings. The summed E-state index contributed by atoms with van der Waals surface area (Å²) >= 11 is 5.74. The van der Waals surface area contributed by atoms with E-state index in [0.717, 1.165) is 12.1 Å². The highest BCUT2D eigenvalue weighted by Crippen LogP contribution is 2.29. The van der Waals surface area contributed by atoms with E-state index >= 15 is 0 Å². The van der Waals surface area contributed by atoms with Crippen molar-refractivity contribution in [2.45, 2.75) is 13.3 Å². The van der Waals surface area contributed by atoms with Gasteiger partial charge in [-0.25, -0.2) is 14.4 Å². The monoisotopic (exact) mass is 306 g/mol. The molecule has 0 aliphatic carbocycles. The summed E-state index contributed by atoms with van der Waals surface area (Å²) in [6.07, 6.45) is -4.95. The van der Waals surface area contributed by atoms with Crippen LogP contribution in [0.2, 0.25) is 5.15 Å². The number of hydrogen-bond acceptors (Lipinski definition) is 3. The molecule has 0 bridgehead atoms. The lowest BCUT2D eigenvalue weighted by Gasteiger charge is -2.10. The minimum absolute atomic E-state index is 0.156. The van der Waals surface area contributed by atoms with Crippen LogP contribution in [0.5, 0.6) is 5.75 Å². The van der Waals surface area contributed by atoms with E-state index < -0.39 is 17.9 Å². The van der Waals surface area contributed by atoms with Gasteiger partial charge in [0.05, 0.1) is 5.69 Å². The van der Waals surface area contributed by atoms with Crippen molar-refractivity contribution in [2.75, 3.05) is 0 Å². The molecular weight excluding hydrogens is 300 g/mol. The predicted molar refractivity (Wildman–Crippen MR) is 63.9 cm³/mol. The average Bonchev–Trinajstić information content (AvgIpc) is 2.29. The highest BCUT2D eigenvalue weighted by molar-refractivity contribution is 6.29. The fraction of sp³-hybridized carbons (Fsp3) is 0.167. The lowest BCUT2D eigenvalue weighted by Crippen LogP contribution is -2.17. The first-order valence-corrected chi connectivity index (χ1v) is 5.69. The maximum Gasteiger partial charge on any atom is 0.573 e. The number of ether oxygens (including phenoxy) is 1. The van der Waals surface area contributed by atoms with Crippen LogP contribution >= 0.6 is 11.6 Å². The fourth-order valence-electron chi connectivity index (χ4n) is 1.55. The third-order valence-electron chi connectivity index (χ3n) is 2.26. The van der Waals surface area contributed by atoms with Crippen LogP contribution in [0.3, 0.4) is 0 Å². The number of aromatic nitrogens is 2. The standard InChI is InChI=1S/C12H7ClF4N2O/c1-6-18-9(5-11(13)19-6)7-2-3-10(8(14)4-7)20-12(15,16)17/h2-5H,1H3. The second-order valence-electron chi connectivity index (χ2n) is 3.82. The molecule has 1 aromatic heterocycles. The van der Waals surface area contributed by atoms with Crippen molar-refractivity contribution in [1.29, 1.82) is 0 Å². The fourth-order valence-corrected chi connectivity index (χ4v) is 1.77. The summed E-state index contributed by atoms with van der Waals surface area (Å²) in [6.45, 7) is 1.59. The second-order valence-corrected chi connectivity index (χ2v) is 4.20. The van der Waals surface area contributed by atoms with Gasteiger partial charge in [-0.15, -0.1) is 13.2 Å². The van der Waals surface area contributed by atoms with E-state index in [1.54, 1.807) is 6.92 Å². The van der Waals surface area contributed by atoms with Gasteiger partial charge in [0.25, 0.3) is 0 Å². The molecule has 2 rings (SSSR count). The quantitative estimate of drug-likeness (QED) is 0.618. The van der Waals surface area contributed by atoms with Crippen LogP contribution in [0.15, 0.2) is 24.3 Å². The Balaban J connectivity index is 2.38. The van der Waals surface area contributed by atoms with Gasteiger partial charge in [0.15, 0.2) is 11.6 Å². The molecule has 0 N–H and O–H groups in total. The molecule has 0 saturated carbocycles. The van der Waals surface area contributed by atoms with Gasteiger partial charge in [-0.2, -0.15) is 0 Å². The Morgan fingerprint density at radius 1 is 1.15 bits per heavy atom. The summed E-state index contributed by atoms with van der Waals surface area (Å²) in [4.78, 5) is 7.86. The topological polar surface area (TPSA) is 35.0 Å². The number of aryl methyl sites for hydroxylation is 1. The van der Waals surface area contributed by atoms with Gasteiger partial charge >= 0.3 is 6.36 Å². The summed E-state index contributed by atoms with van der Waals surface area (Å²) in [5.74, 6) is -1.69. The van der Waals surface area contributed by atoms with E-state index in [1.165, 1.54) is 12.1 Å². The molecule has 8 heteroatoms. The molecule has 1 aromatic carbocycles. The lowest BCUT2D eigenvalue weighted by molar-refractivity contribution is -0.275. The first-order chi connectivity index (χ1) is 9.24. The molecular formula is C12H7ClF4N2O. The third kappa shape index (κ3) is 3.57. The van der Waals surface area contributed by atoms with Gasteiger partial charge in [-0.05, 0) is 25.1 Å². The summed E-state index contributed by atoms with van der Waals surface area (Å²) in [6, 6.07) is 4.40. The Hall–Kier alpha value is -1.89. The summed E-state index contributed by atoms with van der Waals surface area (Å²) in [5, 5.41) is 0.156. The minimum Gasteiger partial charge on any atom is -0.403 e. The van der Waals surface area contributed by atoms with E-state index in [2.05, 4.69) is 14.7 Å². The highest BCUT2D eigenvalue weighted by Gasteiger charge is 2.32. The van der Waals surface area contributed by atoms with Crippen molar-refractivity contribution < 1.29 is 22.3 Å². The number of benzene rings is 1. The van der Waals surface area contributed by atoms with E-state index in [1.807, 2.05) is 0 Å². The molecule has 20 heavy (non-hydrogen) atoms. The van der Waals surface area contributed by atoms with Gasteiger partial charge in [-0.1, -0.05) is 11.6 Å². The maximum atomic E-state index is 13.6. The van der Waals surface area contributed by atoms with Crippen LogP contribution in [0.25, 0.3) is 11.3 Å². The van der Waals surface area contributed by atoms with Gasteiger partial charge in [0.1, 0.15) is 11.0 Å². The van der Waals surface area contributed by atoms with E-state index in [0.29, 0.717) is 11.5 Å². The zero-order valence-corrected chi connectivity index (χ0v) is 10.8. The van der Waals surface area contributed by atoms with Gasteiger partial charge in [-0.3, -0.25) is 0 Å². The predicted octanol–water partition coefficient (Wildman–Crippen LogP) is 4.14. The van der Waals surface area contributed by atoms with Crippen LogP contribution in [-0.2, 0) is 0 Å². The zero-order valence-electron chi connectivity index (χ0n) is 10.0. The number of halogens is 5. The first-order valence-electron chi connectivity index (χ1n) is 5.31. The minimum atomic E-state index is -4.95. The van der Waals surface area contributed by atoms with Gasteiger partial charge in [0, 0.05) is 11.6 Å². The average molecular weight is 307 g/mol. The third-order valence-corrected chi connectivity index (χ3v) is 2.45. The largest absolute Gasteiger partial charge is 0.573 e. The Labute approximate surface area is 116 Å². The number of hydrogen-bond donors (Lipinski definition) is 0.